The van der Waals surface area contributed by atoms with Crippen molar-refractivity contribution in [3.05, 3.63) is 38.9 Å². The van der Waals surface area contributed by atoms with Gasteiger partial charge in [0, 0.05) is 23.0 Å². The first kappa shape index (κ1) is 15.1. The molecule has 7 heteroatoms. The second kappa shape index (κ2) is 6.41. The third-order valence-corrected chi connectivity index (χ3v) is 4.30. The van der Waals surface area contributed by atoms with E-state index in [4.69, 9.17) is 23.2 Å². The van der Waals surface area contributed by atoms with E-state index in [0.29, 0.717) is 6.54 Å². The zero-order chi connectivity index (χ0) is 14.7. The van der Waals surface area contributed by atoms with Crippen molar-refractivity contribution in [2.45, 2.75) is 24.6 Å². The topological polar surface area (TPSA) is 72.2 Å². The number of rotatable bonds is 4. The van der Waals surface area contributed by atoms with Crippen molar-refractivity contribution < 1.29 is 9.72 Å². The number of benzene rings is 1. The summed E-state index contributed by atoms with van der Waals surface area (Å²) in [5.74, 6) is -0.270. The second-order valence-electron chi connectivity index (χ2n) is 4.84. The van der Waals surface area contributed by atoms with Crippen LogP contribution in [0.2, 0.25) is 5.02 Å². The van der Waals surface area contributed by atoms with Gasteiger partial charge in [0.05, 0.1) is 4.92 Å². The lowest BCUT2D eigenvalue weighted by Gasteiger charge is -2.14. The minimum Gasteiger partial charge on any atom is -0.351 e. The van der Waals surface area contributed by atoms with Crippen LogP contribution in [-0.2, 0) is 0 Å². The van der Waals surface area contributed by atoms with Crippen LogP contribution < -0.4 is 5.32 Å². The number of halogens is 2. The monoisotopic (exact) mass is 316 g/mol. The molecule has 2 unspecified atom stereocenters. The molecule has 2 rings (SSSR count). The summed E-state index contributed by atoms with van der Waals surface area (Å²) < 4.78 is 0. The Bertz CT molecular complexity index is 536. The maximum Gasteiger partial charge on any atom is 0.282 e. The average molecular weight is 317 g/mol. The third-order valence-electron chi connectivity index (χ3n) is 3.49. The molecule has 1 aliphatic carbocycles. The predicted octanol–water partition coefficient (Wildman–Crippen LogP) is 3.39. The van der Waals surface area contributed by atoms with E-state index < -0.39 is 10.8 Å². The maximum atomic E-state index is 12.1. The highest BCUT2D eigenvalue weighted by Gasteiger charge is 2.27. The molecule has 2 atom stereocenters. The van der Waals surface area contributed by atoms with Gasteiger partial charge in [0.2, 0.25) is 0 Å². The first-order valence-electron chi connectivity index (χ1n) is 6.35. The van der Waals surface area contributed by atoms with Gasteiger partial charge in [-0.25, -0.2) is 0 Å². The lowest BCUT2D eigenvalue weighted by atomic mass is 10.1. The number of alkyl halides is 1. The number of nitrogens with zero attached hydrogens (tertiary/aromatic N) is 1. The molecule has 1 N–H and O–H groups in total. The van der Waals surface area contributed by atoms with E-state index >= 15 is 0 Å². The molecular formula is C13H14Cl2N2O3. The van der Waals surface area contributed by atoms with Crippen LogP contribution in [-0.4, -0.2) is 22.8 Å². The molecular weight excluding hydrogens is 303 g/mol. The number of hydrogen-bond donors (Lipinski definition) is 1. The first-order valence-corrected chi connectivity index (χ1v) is 7.16. The summed E-state index contributed by atoms with van der Waals surface area (Å²) in [5.41, 5.74) is -0.271. The van der Waals surface area contributed by atoms with Gasteiger partial charge in [-0.1, -0.05) is 18.0 Å². The predicted molar refractivity (Wildman–Crippen MR) is 77.4 cm³/mol. The lowest BCUT2D eigenvalue weighted by Crippen LogP contribution is -2.31. The van der Waals surface area contributed by atoms with Gasteiger partial charge < -0.3 is 5.32 Å². The second-order valence-corrected chi connectivity index (χ2v) is 5.83. The molecule has 0 radical (unpaired) electrons. The fraction of sp³-hybridized carbons (Fsp3) is 0.462. The first-order chi connectivity index (χ1) is 9.49. The summed E-state index contributed by atoms with van der Waals surface area (Å²) in [6.07, 6.45) is 2.96. The molecule has 1 fully saturated rings. The van der Waals surface area contributed by atoms with Gasteiger partial charge in [-0.3, -0.25) is 14.9 Å². The van der Waals surface area contributed by atoms with Crippen molar-refractivity contribution in [3.8, 4) is 0 Å². The molecule has 0 heterocycles. The van der Waals surface area contributed by atoms with Gasteiger partial charge >= 0.3 is 0 Å². The molecule has 1 saturated carbocycles. The van der Waals surface area contributed by atoms with E-state index in [1.165, 1.54) is 18.2 Å². The Morgan fingerprint density at radius 3 is 2.80 bits per heavy atom. The number of carbonyl (C=O) groups excluding carboxylic acids is 1. The van der Waals surface area contributed by atoms with E-state index in [-0.39, 0.29) is 27.6 Å². The summed E-state index contributed by atoms with van der Waals surface area (Å²) in [6, 6.07) is 3.93. The Morgan fingerprint density at radius 2 is 2.20 bits per heavy atom. The van der Waals surface area contributed by atoms with Crippen LogP contribution in [0, 0.1) is 16.0 Å². The van der Waals surface area contributed by atoms with Crippen LogP contribution in [0.5, 0.6) is 0 Å². The molecule has 1 aromatic carbocycles. The van der Waals surface area contributed by atoms with Crippen LogP contribution >= 0.6 is 23.2 Å². The zero-order valence-corrected chi connectivity index (χ0v) is 12.2. The Balaban J connectivity index is 2.08. The fourth-order valence-electron chi connectivity index (χ4n) is 2.39. The Kier molecular flexibility index (Phi) is 4.83. The molecule has 0 saturated heterocycles. The maximum absolute atomic E-state index is 12.1. The van der Waals surface area contributed by atoms with Gasteiger partial charge in [-0.15, -0.1) is 11.6 Å². The Morgan fingerprint density at radius 1 is 1.45 bits per heavy atom. The van der Waals surface area contributed by atoms with Gasteiger partial charge in [0.15, 0.2) is 0 Å². The molecule has 0 aromatic heterocycles. The summed E-state index contributed by atoms with van der Waals surface area (Å²) >= 11 is 11.9. The van der Waals surface area contributed by atoms with E-state index in [9.17, 15) is 14.9 Å². The standard InChI is InChI=1S/C13H14Cl2N2O3/c14-9-4-5-12(17(19)20)10(6-9)13(18)16-7-8-2-1-3-11(8)15/h4-6,8,11H,1-3,7H2,(H,16,18). The summed E-state index contributed by atoms with van der Waals surface area (Å²) in [7, 11) is 0. The zero-order valence-electron chi connectivity index (χ0n) is 10.6. The number of nitro benzene ring substituents is 1. The largest absolute Gasteiger partial charge is 0.351 e. The summed E-state index contributed by atoms with van der Waals surface area (Å²) in [6.45, 7) is 0.427. The van der Waals surface area contributed by atoms with Crippen LogP contribution in [0.4, 0.5) is 5.69 Å². The van der Waals surface area contributed by atoms with Crippen molar-refractivity contribution in [1.82, 2.24) is 5.32 Å². The number of carbonyl (C=O) groups is 1. The molecule has 0 bridgehead atoms. The summed E-state index contributed by atoms with van der Waals surface area (Å²) in [5, 5.41) is 14.0. The lowest BCUT2D eigenvalue weighted by molar-refractivity contribution is -0.385. The van der Waals surface area contributed by atoms with Crippen LogP contribution in [0.25, 0.3) is 0 Å². The highest BCUT2D eigenvalue weighted by atomic mass is 35.5. The SMILES string of the molecule is O=C(NCC1CCCC1Cl)c1cc(Cl)ccc1[N+](=O)[O-]. The van der Waals surface area contributed by atoms with Gasteiger partial charge in [0.1, 0.15) is 5.56 Å². The van der Waals surface area contributed by atoms with Crippen LogP contribution in [0.1, 0.15) is 29.6 Å². The molecule has 1 aliphatic rings. The van der Waals surface area contributed by atoms with E-state index in [1.54, 1.807) is 0 Å². The Hall–Kier alpha value is -1.33. The molecule has 5 nitrogen and oxygen atoms in total. The number of nitro groups is 1. The third kappa shape index (κ3) is 3.41. The smallest absolute Gasteiger partial charge is 0.282 e. The van der Waals surface area contributed by atoms with Gasteiger partial charge in [-0.2, -0.15) is 0 Å². The molecule has 0 spiro atoms. The highest BCUT2D eigenvalue weighted by Crippen LogP contribution is 2.29. The molecule has 108 valence electrons. The average Bonchev–Trinajstić information content (AvgIpc) is 2.81. The highest BCUT2D eigenvalue weighted by molar-refractivity contribution is 6.31. The van der Waals surface area contributed by atoms with Gasteiger partial charge in [-0.05, 0) is 30.9 Å². The van der Waals surface area contributed by atoms with Crippen molar-refractivity contribution >= 4 is 34.8 Å². The van der Waals surface area contributed by atoms with Crippen molar-refractivity contribution in [1.29, 1.82) is 0 Å². The molecule has 20 heavy (non-hydrogen) atoms. The molecule has 0 aliphatic heterocycles. The summed E-state index contributed by atoms with van der Waals surface area (Å²) in [4.78, 5) is 22.4. The van der Waals surface area contributed by atoms with E-state index in [1.807, 2.05) is 0 Å². The Labute approximate surface area is 126 Å². The van der Waals surface area contributed by atoms with Crippen LogP contribution in [0.15, 0.2) is 18.2 Å². The molecule has 1 aromatic rings. The minimum atomic E-state index is -0.592. The van der Waals surface area contributed by atoms with Crippen molar-refractivity contribution in [2.24, 2.45) is 5.92 Å². The normalized spacial score (nSPS) is 21.7. The van der Waals surface area contributed by atoms with Crippen molar-refractivity contribution in [2.75, 3.05) is 6.54 Å². The van der Waals surface area contributed by atoms with Gasteiger partial charge in [0.25, 0.3) is 11.6 Å². The quantitative estimate of drug-likeness (QED) is 0.525. The minimum absolute atomic E-state index is 0.0216. The number of nitrogens with one attached hydrogen (secondary N) is 1. The van der Waals surface area contributed by atoms with E-state index in [2.05, 4.69) is 5.32 Å². The van der Waals surface area contributed by atoms with Crippen LogP contribution in [0.3, 0.4) is 0 Å². The van der Waals surface area contributed by atoms with E-state index in [0.717, 1.165) is 19.3 Å². The number of hydrogen-bond acceptors (Lipinski definition) is 3. The van der Waals surface area contributed by atoms with Crippen molar-refractivity contribution in [3.63, 3.8) is 0 Å². The fourth-order valence-corrected chi connectivity index (χ4v) is 2.93. The molecule has 1 amide bonds. The number of amides is 1.